The lowest BCUT2D eigenvalue weighted by atomic mass is 10.0. The van der Waals surface area contributed by atoms with E-state index in [0.29, 0.717) is 11.4 Å². The molecule has 0 saturated carbocycles. The zero-order chi connectivity index (χ0) is 16.4. The number of likely N-dealkylation sites (tertiary alicyclic amines) is 1. The Morgan fingerprint density at radius 1 is 1.12 bits per heavy atom. The maximum Gasteiger partial charge on any atom is 0.254 e. The molecule has 1 saturated heterocycles. The molecule has 1 aliphatic heterocycles. The molecule has 0 spiro atoms. The fourth-order valence-electron chi connectivity index (χ4n) is 3.28. The second kappa shape index (κ2) is 6.28. The summed E-state index contributed by atoms with van der Waals surface area (Å²) in [4.78, 5) is 23.4. The fraction of sp³-hybridized carbons (Fsp3) is 0.211. The number of hydrogen-bond acceptors (Lipinski definition) is 3. The molecule has 5 heteroatoms. The number of nitrogens with zero attached hydrogens (tertiary/aromatic N) is 4. The van der Waals surface area contributed by atoms with Gasteiger partial charge in [0.1, 0.15) is 12.1 Å². The van der Waals surface area contributed by atoms with Crippen molar-refractivity contribution in [2.24, 2.45) is 0 Å². The highest BCUT2D eigenvalue weighted by Gasteiger charge is 2.30. The number of carbonyl (C=O) groups excluding carboxylic acids is 1. The van der Waals surface area contributed by atoms with E-state index >= 15 is 0 Å². The molecule has 1 fully saturated rings. The van der Waals surface area contributed by atoms with E-state index in [1.165, 1.54) is 5.56 Å². The molecule has 1 aliphatic rings. The largest absolute Gasteiger partial charge is 0.332 e. The van der Waals surface area contributed by atoms with Gasteiger partial charge in [0, 0.05) is 30.7 Å². The van der Waals surface area contributed by atoms with Crippen molar-refractivity contribution in [1.82, 2.24) is 19.4 Å². The van der Waals surface area contributed by atoms with Gasteiger partial charge in [0.25, 0.3) is 5.91 Å². The van der Waals surface area contributed by atoms with Gasteiger partial charge in [-0.25, -0.2) is 9.97 Å². The Hall–Kier alpha value is -2.95. The van der Waals surface area contributed by atoms with Gasteiger partial charge in [-0.3, -0.25) is 9.36 Å². The second-order valence-corrected chi connectivity index (χ2v) is 5.94. The van der Waals surface area contributed by atoms with E-state index in [1.807, 2.05) is 35.4 Å². The van der Waals surface area contributed by atoms with Crippen LogP contribution in [0, 0.1) is 0 Å². The lowest BCUT2D eigenvalue weighted by Crippen LogP contribution is -2.30. The number of carbonyl (C=O) groups is 1. The van der Waals surface area contributed by atoms with E-state index in [1.54, 1.807) is 29.4 Å². The van der Waals surface area contributed by atoms with Gasteiger partial charge in [-0.05, 0) is 30.5 Å². The summed E-state index contributed by atoms with van der Waals surface area (Å²) in [5.74, 6) is 0.763. The molecule has 5 nitrogen and oxygen atoms in total. The maximum atomic E-state index is 13.0. The maximum absolute atomic E-state index is 13.0. The summed E-state index contributed by atoms with van der Waals surface area (Å²) in [6, 6.07) is 14.0. The summed E-state index contributed by atoms with van der Waals surface area (Å²) in [6.07, 6.45) is 8.91. The zero-order valence-corrected chi connectivity index (χ0v) is 13.2. The Labute approximate surface area is 140 Å². The SMILES string of the molecule is O=C(c1ccnc(-n2ccnc2)c1)N1CCC[C@@H]1c1ccccc1. The zero-order valence-electron chi connectivity index (χ0n) is 13.2. The molecule has 0 aliphatic carbocycles. The van der Waals surface area contributed by atoms with Crippen LogP contribution in [0.15, 0.2) is 67.4 Å². The van der Waals surface area contributed by atoms with Crippen LogP contribution in [0.3, 0.4) is 0 Å². The lowest BCUT2D eigenvalue weighted by molar-refractivity contribution is 0.0735. The van der Waals surface area contributed by atoms with Crippen LogP contribution in [0.4, 0.5) is 0 Å². The van der Waals surface area contributed by atoms with E-state index in [2.05, 4.69) is 22.1 Å². The molecule has 24 heavy (non-hydrogen) atoms. The molecule has 3 aromatic rings. The highest BCUT2D eigenvalue weighted by atomic mass is 16.2. The predicted octanol–water partition coefficient (Wildman–Crippen LogP) is 3.24. The number of amides is 1. The quantitative estimate of drug-likeness (QED) is 0.745. The van der Waals surface area contributed by atoms with E-state index in [0.717, 1.165) is 19.4 Å². The van der Waals surface area contributed by atoms with Crippen LogP contribution >= 0.6 is 0 Å². The average molecular weight is 318 g/mol. The topological polar surface area (TPSA) is 51.0 Å². The van der Waals surface area contributed by atoms with Gasteiger partial charge < -0.3 is 4.90 Å². The van der Waals surface area contributed by atoms with Crippen LogP contribution < -0.4 is 0 Å². The van der Waals surface area contributed by atoms with Crippen LogP contribution in [0.25, 0.3) is 5.82 Å². The summed E-state index contributed by atoms with van der Waals surface area (Å²) in [6.45, 7) is 0.793. The molecular formula is C19H18N4O. The van der Waals surface area contributed by atoms with Gasteiger partial charge in [-0.2, -0.15) is 0 Å². The van der Waals surface area contributed by atoms with Gasteiger partial charge in [0.15, 0.2) is 0 Å². The Balaban J connectivity index is 1.62. The molecule has 1 amide bonds. The first-order chi connectivity index (χ1) is 11.8. The molecule has 120 valence electrons. The van der Waals surface area contributed by atoms with Gasteiger partial charge >= 0.3 is 0 Å². The van der Waals surface area contributed by atoms with Crippen molar-refractivity contribution < 1.29 is 4.79 Å². The molecule has 0 unspecified atom stereocenters. The van der Waals surface area contributed by atoms with Gasteiger partial charge in [-0.15, -0.1) is 0 Å². The molecule has 0 bridgehead atoms. The summed E-state index contributed by atoms with van der Waals surface area (Å²) < 4.78 is 1.80. The second-order valence-electron chi connectivity index (χ2n) is 5.94. The number of pyridine rings is 1. The molecule has 0 radical (unpaired) electrons. The van der Waals surface area contributed by atoms with Gasteiger partial charge in [0.05, 0.1) is 6.04 Å². The van der Waals surface area contributed by atoms with Crippen LogP contribution in [-0.4, -0.2) is 31.9 Å². The van der Waals surface area contributed by atoms with E-state index in [4.69, 9.17) is 0 Å². The number of hydrogen-bond donors (Lipinski definition) is 0. The Bertz CT molecular complexity index is 830. The number of benzene rings is 1. The summed E-state index contributed by atoms with van der Waals surface area (Å²) >= 11 is 0. The number of imidazole rings is 1. The number of aromatic nitrogens is 3. The minimum atomic E-state index is 0.0603. The standard InChI is InChI=1S/C19H18N4O/c24-19(16-8-9-21-18(13-16)22-12-10-20-14-22)23-11-4-7-17(23)15-5-2-1-3-6-15/h1-3,5-6,8-10,12-14,17H,4,7,11H2/t17-/m1/s1. The van der Waals surface area contributed by atoms with Gasteiger partial charge in [-0.1, -0.05) is 30.3 Å². The fourth-order valence-corrected chi connectivity index (χ4v) is 3.28. The third-order valence-corrected chi connectivity index (χ3v) is 4.46. The summed E-state index contributed by atoms with van der Waals surface area (Å²) in [5, 5.41) is 0. The van der Waals surface area contributed by atoms with Crippen molar-refractivity contribution in [3.05, 3.63) is 78.5 Å². The van der Waals surface area contributed by atoms with Crippen LogP contribution in [0.1, 0.15) is 34.8 Å². The molecule has 0 N–H and O–H groups in total. The lowest BCUT2D eigenvalue weighted by Gasteiger charge is -2.25. The Morgan fingerprint density at radius 2 is 2.00 bits per heavy atom. The molecule has 4 rings (SSSR count). The third-order valence-electron chi connectivity index (χ3n) is 4.46. The summed E-state index contributed by atoms with van der Waals surface area (Å²) in [5.41, 5.74) is 1.86. The predicted molar refractivity (Wildman–Crippen MR) is 90.8 cm³/mol. The molecule has 1 atom stereocenters. The number of rotatable bonds is 3. The molecule has 3 heterocycles. The average Bonchev–Trinajstić information content (AvgIpc) is 3.34. The Morgan fingerprint density at radius 3 is 2.79 bits per heavy atom. The molecular weight excluding hydrogens is 300 g/mol. The van der Waals surface area contributed by atoms with Crippen molar-refractivity contribution in [2.75, 3.05) is 6.54 Å². The monoisotopic (exact) mass is 318 g/mol. The highest BCUT2D eigenvalue weighted by molar-refractivity contribution is 5.95. The normalized spacial score (nSPS) is 17.2. The first-order valence-corrected chi connectivity index (χ1v) is 8.13. The van der Waals surface area contributed by atoms with Crippen molar-refractivity contribution in [2.45, 2.75) is 18.9 Å². The Kier molecular flexibility index (Phi) is 3.83. The van der Waals surface area contributed by atoms with Gasteiger partial charge in [0.2, 0.25) is 0 Å². The van der Waals surface area contributed by atoms with E-state index in [-0.39, 0.29) is 11.9 Å². The van der Waals surface area contributed by atoms with Crippen molar-refractivity contribution >= 4 is 5.91 Å². The smallest absolute Gasteiger partial charge is 0.254 e. The van der Waals surface area contributed by atoms with Crippen molar-refractivity contribution in [3.8, 4) is 5.82 Å². The first kappa shape index (κ1) is 14.6. The van der Waals surface area contributed by atoms with E-state index < -0.39 is 0 Å². The van der Waals surface area contributed by atoms with Crippen molar-refractivity contribution in [1.29, 1.82) is 0 Å². The van der Waals surface area contributed by atoms with Crippen molar-refractivity contribution in [3.63, 3.8) is 0 Å². The first-order valence-electron chi connectivity index (χ1n) is 8.13. The molecule has 1 aromatic carbocycles. The highest BCUT2D eigenvalue weighted by Crippen LogP contribution is 2.33. The minimum absolute atomic E-state index is 0.0603. The van der Waals surface area contributed by atoms with Crippen LogP contribution in [0.5, 0.6) is 0 Å². The molecule has 2 aromatic heterocycles. The van der Waals surface area contributed by atoms with E-state index in [9.17, 15) is 4.79 Å². The minimum Gasteiger partial charge on any atom is -0.332 e. The van der Waals surface area contributed by atoms with Crippen LogP contribution in [0.2, 0.25) is 0 Å². The third kappa shape index (κ3) is 2.69. The van der Waals surface area contributed by atoms with Crippen LogP contribution in [-0.2, 0) is 0 Å². The summed E-state index contributed by atoms with van der Waals surface area (Å²) in [7, 11) is 0.